The fourth-order valence-electron chi connectivity index (χ4n) is 1.26. The fraction of sp³-hybridized carbons (Fsp3) is 0.167. The lowest BCUT2D eigenvalue weighted by atomic mass is 10.2. The van der Waals surface area contributed by atoms with Gasteiger partial charge in [0.25, 0.3) is 0 Å². The van der Waals surface area contributed by atoms with Gasteiger partial charge < -0.3 is 4.74 Å². The summed E-state index contributed by atoms with van der Waals surface area (Å²) in [7, 11) is 0. The normalized spacial score (nSPS) is 10.2. The molecule has 0 N–H and O–H groups in total. The number of hydrogen-bond acceptors (Lipinski definition) is 3. The van der Waals surface area contributed by atoms with Crippen molar-refractivity contribution < 1.29 is 4.74 Å². The molecule has 0 spiro atoms. The van der Waals surface area contributed by atoms with Gasteiger partial charge in [-0.05, 0) is 43.2 Å². The SMILES string of the molecule is Cc1cnc(Oc2ccc(Br)cc2C)nc1. The first kappa shape index (κ1) is 11.1. The van der Waals surface area contributed by atoms with Crippen molar-refractivity contribution in [3.05, 3.63) is 46.2 Å². The van der Waals surface area contributed by atoms with Crippen LogP contribution in [0.4, 0.5) is 0 Å². The number of hydrogen-bond donors (Lipinski definition) is 0. The van der Waals surface area contributed by atoms with Crippen molar-refractivity contribution in [2.24, 2.45) is 0 Å². The highest BCUT2D eigenvalue weighted by Gasteiger charge is 2.03. The van der Waals surface area contributed by atoms with Crippen LogP contribution in [0.5, 0.6) is 11.8 Å². The largest absolute Gasteiger partial charge is 0.424 e. The lowest BCUT2D eigenvalue weighted by molar-refractivity contribution is 0.438. The average molecular weight is 279 g/mol. The summed E-state index contributed by atoms with van der Waals surface area (Å²) >= 11 is 3.40. The first-order chi connectivity index (χ1) is 7.65. The Morgan fingerprint density at radius 3 is 2.44 bits per heavy atom. The van der Waals surface area contributed by atoms with Crippen molar-refractivity contribution in [1.29, 1.82) is 0 Å². The molecule has 1 aromatic carbocycles. The Bertz CT molecular complexity index is 497. The molecule has 1 aromatic heterocycles. The van der Waals surface area contributed by atoms with E-state index >= 15 is 0 Å². The number of aromatic nitrogens is 2. The standard InChI is InChI=1S/C12H11BrN2O/c1-8-6-14-12(15-7-8)16-11-4-3-10(13)5-9(11)2/h3-7H,1-2H3. The molecule has 2 aromatic rings. The van der Waals surface area contributed by atoms with Crippen LogP contribution in [-0.2, 0) is 0 Å². The summed E-state index contributed by atoms with van der Waals surface area (Å²) in [5.41, 5.74) is 2.05. The molecule has 0 radical (unpaired) electrons. The molecular formula is C12H11BrN2O. The van der Waals surface area contributed by atoms with Crippen LogP contribution in [0.1, 0.15) is 11.1 Å². The highest BCUT2D eigenvalue weighted by Crippen LogP contribution is 2.25. The maximum atomic E-state index is 5.58. The molecular weight excluding hydrogens is 268 g/mol. The van der Waals surface area contributed by atoms with Crippen LogP contribution in [-0.4, -0.2) is 9.97 Å². The van der Waals surface area contributed by atoms with Crippen LogP contribution < -0.4 is 4.74 Å². The first-order valence-electron chi connectivity index (χ1n) is 4.88. The third kappa shape index (κ3) is 2.58. The van der Waals surface area contributed by atoms with E-state index in [1.807, 2.05) is 32.0 Å². The average Bonchev–Trinajstić information content (AvgIpc) is 2.25. The Morgan fingerprint density at radius 1 is 1.12 bits per heavy atom. The second-order valence-corrected chi connectivity index (χ2v) is 4.47. The topological polar surface area (TPSA) is 35.0 Å². The van der Waals surface area contributed by atoms with Gasteiger partial charge >= 0.3 is 6.01 Å². The molecule has 0 bridgehead atoms. The summed E-state index contributed by atoms with van der Waals surface area (Å²) in [6.45, 7) is 3.92. The minimum absolute atomic E-state index is 0.371. The van der Waals surface area contributed by atoms with Crippen molar-refractivity contribution >= 4 is 15.9 Å². The maximum Gasteiger partial charge on any atom is 0.321 e. The highest BCUT2D eigenvalue weighted by atomic mass is 79.9. The minimum Gasteiger partial charge on any atom is -0.424 e. The molecule has 4 heteroatoms. The summed E-state index contributed by atoms with van der Waals surface area (Å²) in [5, 5.41) is 0. The van der Waals surface area contributed by atoms with Gasteiger partial charge in [0.1, 0.15) is 5.75 Å². The molecule has 0 aliphatic rings. The van der Waals surface area contributed by atoms with E-state index in [4.69, 9.17) is 4.74 Å². The number of ether oxygens (including phenoxy) is 1. The Balaban J connectivity index is 2.23. The summed E-state index contributed by atoms with van der Waals surface area (Å²) in [5.74, 6) is 0.770. The molecule has 0 aliphatic carbocycles. The number of halogens is 1. The predicted octanol–water partition coefficient (Wildman–Crippen LogP) is 3.65. The third-order valence-electron chi connectivity index (χ3n) is 2.10. The molecule has 1 heterocycles. The van der Waals surface area contributed by atoms with Gasteiger partial charge in [0.2, 0.25) is 0 Å². The lowest BCUT2D eigenvalue weighted by Gasteiger charge is -2.06. The Hall–Kier alpha value is -1.42. The molecule has 82 valence electrons. The summed E-state index contributed by atoms with van der Waals surface area (Å²) in [6, 6.07) is 6.18. The van der Waals surface area contributed by atoms with Crippen molar-refractivity contribution in [2.75, 3.05) is 0 Å². The van der Waals surface area contributed by atoms with E-state index in [0.29, 0.717) is 6.01 Å². The van der Waals surface area contributed by atoms with E-state index in [-0.39, 0.29) is 0 Å². The number of aryl methyl sites for hydroxylation is 2. The maximum absolute atomic E-state index is 5.58. The van der Waals surface area contributed by atoms with E-state index in [1.165, 1.54) is 0 Å². The second kappa shape index (κ2) is 4.61. The predicted molar refractivity (Wildman–Crippen MR) is 65.7 cm³/mol. The molecule has 16 heavy (non-hydrogen) atoms. The summed E-state index contributed by atoms with van der Waals surface area (Å²) in [6.07, 6.45) is 3.47. The molecule has 0 aliphatic heterocycles. The van der Waals surface area contributed by atoms with Crippen LogP contribution in [0.15, 0.2) is 35.1 Å². The Morgan fingerprint density at radius 2 is 1.81 bits per heavy atom. The summed E-state index contributed by atoms with van der Waals surface area (Å²) in [4.78, 5) is 8.18. The van der Waals surface area contributed by atoms with Crippen molar-refractivity contribution in [1.82, 2.24) is 9.97 Å². The minimum atomic E-state index is 0.371. The van der Waals surface area contributed by atoms with Gasteiger partial charge in [-0.1, -0.05) is 15.9 Å². The van der Waals surface area contributed by atoms with Crippen LogP contribution in [0.25, 0.3) is 0 Å². The number of rotatable bonds is 2. The lowest BCUT2D eigenvalue weighted by Crippen LogP contribution is -1.93. The van der Waals surface area contributed by atoms with Crippen molar-refractivity contribution in [3.63, 3.8) is 0 Å². The molecule has 3 nitrogen and oxygen atoms in total. The highest BCUT2D eigenvalue weighted by molar-refractivity contribution is 9.10. The van der Waals surface area contributed by atoms with Gasteiger partial charge in [0, 0.05) is 16.9 Å². The molecule has 0 saturated heterocycles. The van der Waals surface area contributed by atoms with Crippen LogP contribution in [0.3, 0.4) is 0 Å². The van der Waals surface area contributed by atoms with Gasteiger partial charge in [-0.25, -0.2) is 9.97 Å². The number of benzene rings is 1. The summed E-state index contributed by atoms with van der Waals surface area (Å²) < 4.78 is 6.61. The smallest absolute Gasteiger partial charge is 0.321 e. The fourth-order valence-corrected chi connectivity index (χ4v) is 1.73. The molecule has 0 amide bonds. The van der Waals surface area contributed by atoms with Gasteiger partial charge in [-0.15, -0.1) is 0 Å². The van der Waals surface area contributed by atoms with Gasteiger partial charge in [0.15, 0.2) is 0 Å². The van der Waals surface area contributed by atoms with Gasteiger partial charge in [-0.3, -0.25) is 0 Å². The monoisotopic (exact) mass is 278 g/mol. The van der Waals surface area contributed by atoms with E-state index in [2.05, 4.69) is 25.9 Å². The molecule has 2 rings (SSSR count). The molecule has 0 atom stereocenters. The van der Waals surface area contributed by atoms with E-state index < -0.39 is 0 Å². The first-order valence-corrected chi connectivity index (χ1v) is 5.67. The Labute approximate surface area is 103 Å². The zero-order valence-corrected chi connectivity index (χ0v) is 10.7. The molecule has 0 unspecified atom stereocenters. The van der Waals surface area contributed by atoms with Gasteiger partial charge in [0.05, 0.1) is 0 Å². The second-order valence-electron chi connectivity index (χ2n) is 3.55. The van der Waals surface area contributed by atoms with Crippen LogP contribution in [0.2, 0.25) is 0 Å². The van der Waals surface area contributed by atoms with Gasteiger partial charge in [-0.2, -0.15) is 0 Å². The Kier molecular flexibility index (Phi) is 3.19. The van der Waals surface area contributed by atoms with Crippen LogP contribution in [0, 0.1) is 13.8 Å². The quantitative estimate of drug-likeness (QED) is 0.841. The van der Waals surface area contributed by atoms with E-state index in [1.54, 1.807) is 12.4 Å². The van der Waals surface area contributed by atoms with Crippen molar-refractivity contribution in [2.45, 2.75) is 13.8 Å². The van der Waals surface area contributed by atoms with E-state index in [9.17, 15) is 0 Å². The van der Waals surface area contributed by atoms with Crippen LogP contribution >= 0.6 is 15.9 Å². The zero-order chi connectivity index (χ0) is 11.5. The number of nitrogens with zero attached hydrogens (tertiary/aromatic N) is 2. The zero-order valence-electron chi connectivity index (χ0n) is 9.07. The molecule has 0 fully saturated rings. The molecule has 0 saturated carbocycles. The van der Waals surface area contributed by atoms with E-state index in [0.717, 1.165) is 21.3 Å². The van der Waals surface area contributed by atoms with Crippen molar-refractivity contribution in [3.8, 4) is 11.8 Å². The third-order valence-corrected chi connectivity index (χ3v) is 2.59.